The highest BCUT2D eigenvalue weighted by Gasteiger charge is 2.39. The van der Waals surface area contributed by atoms with E-state index in [9.17, 15) is 27.9 Å². The average molecular weight is 341 g/mol. The number of sulfonamides is 1. The molecule has 4 amide bonds. The fourth-order valence-electron chi connectivity index (χ4n) is 2.15. The van der Waals surface area contributed by atoms with Crippen LogP contribution in [0, 0.1) is 0 Å². The van der Waals surface area contributed by atoms with Crippen LogP contribution >= 0.6 is 0 Å². The Morgan fingerprint density at radius 2 is 1.83 bits per heavy atom. The largest absolute Gasteiger partial charge is 0.479 e. The summed E-state index contributed by atoms with van der Waals surface area (Å²) in [4.78, 5) is 36.1. The Hall–Kier alpha value is -2.62. The smallest absolute Gasteiger partial charge is 0.341 e. The van der Waals surface area contributed by atoms with Crippen LogP contribution in [0.25, 0.3) is 0 Å². The van der Waals surface area contributed by atoms with E-state index in [0.29, 0.717) is 14.8 Å². The Morgan fingerprint density at radius 1 is 1.22 bits per heavy atom. The molecule has 0 bridgehead atoms. The van der Waals surface area contributed by atoms with Gasteiger partial charge in [-0.3, -0.25) is 0 Å². The lowest BCUT2D eigenvalue weighted by molar-refractivity contribution is -0.139. The van der Waals surface area contributed by atoms with Crippen LogP contribution in [0.3, 0.4) is 0 Å². The molecule has 2 N–H and O–H groups in total. The fourth-order valence-corrected chi connectivity index (χ4v) is 2.94. The van der Waals surface area contributed by atoms with E-state index in [2.05, 4.69) is 5.32 Å². The summed E-state index contributed by atoms with van der Waals surface area (Å²) in [5.41, 5.74) is 0.333. The van der Waals surface area contributed by atoms with Gasteiger partial charge in [0.2, 0.25) is 10.0 Å². The number of nitrogens with zero attached hydrogens (tertiary/aromatic N) is 2. The van der Waals surface area contributed by atoms with Crippen molar-refractivity contribution in [3.05, 3.63) is 35.9 Å². The van der Waals surface area contributed by atoms with E-state index in [0.717, 1.165) is 6.26 Å². The molecule has 2 rings (SSSR count). The number of benzene rings is 1. The number of carbonyl (C=O) groups excluding carboxylic acids is 2. The maximum absolute atomic E-state index is 12.1. The number of carbonyl (C=O) groups is 3. The first-order valence-electron chi connectivity index (χ1n) is 6.59. The van der Waals surface area contributed by atoms with Gasteiger partial charge in [-0.05, 0) is 5.56 Å². The van der Waals surface area contributed by atoms with Gasteiger partial charge in [-0.25, -0.2) is 32.0 Å². The van der Waals surface area contributed by atoms with Crippen molar-refractivity contribution in [1.29, 1.82) is 0 Å². The Kier molecular flexibility index (Phi) is 4.55. The minimum Gasteiger partial charge on any atom is -0.479 e. The average Bonchev–Trinajstić information content (AvgIpc) is 2.87. The molecule has 1 aromatic carbocycles. The number of carboxylic acid groups (broad SMARTS) is 1. The summed E-state index contributed by atoms with van der Waals surface area (Å²) in [6.07, 6.45) is 0.857. The molecule has 124 valence electrons. The van der Waals surface area contributed by atoms with Gasteiger partial charge in [-0.15, -0.1) is 0 Å². The summed E-state index contributed by atoms with van der Waals surface area (Å²) in [6, 6.07) is 4.66. The van der Waals surface area contributed by atoms with Gasteiger partial charge in [-0.2, -0.15) is 0 Å². The molecule has 1 heterocycles. The van der Waals surface area contributed by atoms with Gasteiger partial charge in [0.1, 0.15) is 0 Å². The molecule has 1 aromatic rings. The number of hydrogen-bond donors (Lipinski definition) is 2. The summed E-state index contributed by atoms with van der Waals surface area (Å²) in [7, 11) is -3.77. The molecule has 1 saturated heterocycles. The second kappa shape index (κ2) is 6.24. The van der Waals surface area contributed by atoms with Crippen molar-refractivity contribution in [2.45, 2.75) is 6.04 Å². The number of imide groups is 1. The maximum atomic E-state index is 12.1. The van der Waals surface area contributed by atoms with Crippen LogP contribution in [0.15, 0.2) is 30.3 Å². The molecule has 1 fully saturated rings. The molecule has 0 saturated carbocycles. The van der Waals surface area contributed by atoms with Crippen molar-refractivity contribution in [1.82, 2.24) is 14.5 Å². The molecule has 0 aromatic heterocycles. The van der Waals surface area contributed by atoms with Gasteiger partial charge in [0.25, 0.3) is 0 Å². The summed E-state index contributed by atoms with van der Waals surface area (Å²) in [6.45, 7) is -0.299. The Bertz CT molecular complexity index is 733. The second-order valence-corrected chi connectivity index (χ2v) is 6.81. The van der Waals surface area contributed by atoms with E-state index in [1.54, 1.807) is 18.2 Å². The lowest BCUT2D eigenvalue weighted by Gasteiger charge is -2.20. The van der Waals surface area contributed by atoms with Gasteiger partial charge in [0.05, 0.1) is 19.3 Å². The normalized spacial score (nSPS) is 16.3. The van der Waals surface area contributed by atoms with Crippen LogP contribution in [0.4, 0.5) is 9.59 Å². The predicted octanol–water partition coefficient (Wildman–Crippen LogP) is 0.219. The van der Waals surface area contributed by atoms with Crippen molar-refractivity contribution in [3.8, 4) is 0 Å². The molecule has 1 aliphatic heterocycles. The summed E-state index contributed by atoms with van der Waals surface area (Å²) in [5.74, 6) is -1.30. The van der Waals surface area contributed by atoms with Gasteiger partial charge in [-0.1, -0.05) is 30.3 Å². The summed E-state index contributed by atoms with van der Waals surface area (Å²) >= 11 is 0. The van der Waals surface area contributed by atoms with E-state index in [1.165, 1.54) is 12.1 Å². The molecule has 1 atom stereocenters. The summed E-state index contributed by atoms with van der Waals surface area (Å²) in [5, 5.41) is 11.5. The van der Waals surface area contributed by atoms with Crippen LogP contribution < -0.4 is 5.32 Å². The van der Waals surface area contributed by atoms with Crippen LogP contribution in [0.1, 0.15) is 11.6 Å². The standard InChI is InChI=1S/C13H15N3O6S/c1-23(21,22)16-8-7-15(13(16)20)12(19)14-10(11(17)18)9-5-3-2-4-6-9/h2-6,10H,7-8H2,1H3,(H,14,19)(H,17,18)/t10-/m0/s1. The number of hydrogen-bond acceptors (Lipinski definition) is 5. The quantitative estimate of drug-likeness (QED) is 0.807. The van der Waals surface area contributed by atoms with Gasteiger partial charge < -0.3 is 10.4 Å². The van der Waals surface area contributed by atoms with Crippen molar-refractivity contribution >= 4 is 28.1 Å². The monoisotopic (exact) mass is 341 g/mol. The van der Waals surface area contributed by atoms with E-state index < -0.39 is 34.1 Å². The fraction of sp³-hybridized carbons (Fsp3) is 0.308. The SMILES string of the molecule is CS(=O)(=O)N1CCN(C(=O)N[C@H](C(=O)O)c2ccccc2)C1=O. The molecule has 0 aliphatic carbocycles. The molecule has 1 aliphatic rings. The molecular weight excluding hydrogens is 326 g/mol. The molecular formula is C13H15N3O6S. The number of carboxylic acids is 1. The van der Waals surface area contributed by atoms with E-state index >= 15 is 0 Å². The Morgan fingerprint density at radius 3 is 2.30 bits per heavy atom. The molecule has 0 spiro atoms. The third-order valence-electron chi connectivity index (χ3n) is 3.26. The topological polar surface area (TPSA) is 124 Å². The van der Waals surface area contributed by atoms with Crippen molar-refractivity contribution in [2.24, 2.45) is 0 Å². The summed E-state index contributed by atoms with van der Waals surface area (Å²) < 4.78 is 23.4. The van der Waals surface area contributed by atoms with E-state index in [1.807, 2.05) is 0 Å². The third kappa shape index (κ3) is 3.59. The third-order valence-corrected chi connectivity index (χ3v) is 4.40. The molecule has 23 heavy (non-hydrogen) atoms. The second-order valence-electron chi connectivity index (χ2n) is 4.90. The van der Waals surface area contributed by atoms with Gasteiger partial charge in [0, 0.05) is 0 Å². The van der Waals surface area contributed by atoms with Crippen LogP contribution in [0.5, 0.6) is 0 Å². The minimum absolute atomic E-state index is 0.140. The lowest BCUT2D eigenvalue weighted by atomic mass is 10.1. The molecule has 0 unspecified atom stereocenters. The number of aliphatic carboxylic acids is 1. The number of amides is 4. The molecule has 0 radical (unpaired) electrons. The molecule has 9 nitrogen and oxygen atoms in total. The van der Waals surface area contributed by atoms with Crippen LogP contribution in [0.2, 0.25) is 0 Å². The highest BCUT2D eigenvalue weighted by atomic mass is 32.2. The number of urea groups is 2. The first kappa shape index (κ1) is 16.7. The van der Waals surface area contributed by atoms with E-state index in [4.69, 9.17) is 0 Å². The van der Waals surface area contributed by atoms with Crippen molar-refractivity contribution < 1.29 is 27.9 Å². The number of rotatable bonds is 4. The first-order chi connectivity index (χ1) is 10.7. The van der Waals surface area contributed by atoms with E-state index in [-0.39, 0.29) is 13.1 Å². The number of nitrogens with one attached hydrogen (secondary N) is 1. The van der Waals surface area contributed by atoms with Crippen LogP contribution in [-0.2, 0) is 14.8 Å². The van der Waals surface area contributed by atoms with Gasteiger partial charge in [0.15, 0.2) is 6.04 Å². The predicted molar refractivity (Wildman–Crippen MR) is 79.0 cm³/mol. The van der Waals surface area contributed by atoms with Crippen molar-refractivity contribution in [2.75, 3.05) is 19.3 Å². The zero-order valence-corrected chi connectivity index (χ0v) is 13.0. The Balaban J connectivity index is 2.15. The highest BCUT2D eigenvalue weighted by molar-refractivity contribution is 7.88. The Labute approximate surface area is 132 Å². The lowest BCUT2D eigenvalue weighted by Crippen LogP contribution is -2.46. The molecule has 10 heteroatoms. The maximum Gasteiger partial charge on any atom is 0.341 e. The van der Waals surface area contributed by atoms with Crippen LogP contribution in [-0.4, -0.2) is 60.1 Å². The van der Waals surface area contributed by atoms with Gasteiger partial charge >= 0.3 is 18.0 Å². The van der Waals surface area contributed by atoms with Crippen molar-refractivity contribution in [3.63, 3.8) is 0 Å². The zero-order valence-electron chi connectivity index (χ0n) is 12.2. The highest BCUT2D eigenvalue weighted by Crippen LogP contribution is 2.16. The minimum atomic E-state index is -3.77. The zero-order chi connectivity index (χ0) is 17.2. The first-order valence-corrected chi connectivity index (χ1v) is 8.44.